The predicted molar refractivity (Wildman–Crippen MR) is 117 cm³/mol. The molecular formula is C20H16ClN5OS2. The summed E-state index contributed by atoms with van der Waals surface area (Å²) in [5, 5.41) is 6.41. The van der Waals surface area contributed by atoms with Gasteiger partial charge >= 0.3 is 0 Å². The summed E-state index contributed by atoms with van der Waals surface area (Å²) in [5.74, 6) is 1.49. The Labute approximate surface area is 180 Å². The molecule has 6 nitrogen and oxygen atoms in total. The van der Waals surface area contributed by atoms with Crippen LogP contribution in [0.15, 0.2) is 41.0 Å². The SMILES string of the molecule is Nc1nc(SCCc2nccs2)nc(-c2c(Cl)cc3c4c(cccc24)COC3)n1. The summed E-state index contributed by atoms with van der Waals surface area (Å²) in [4.78, 5) is 17.7. The lowest BCUT2D eigenvalue weighted by Gasteiger charge is -2.20. The topological polar surface area (TPSA) is 86.8 Å². The number of hydrogen-bond acceptors (Lipinski definition) is 8. The smallest absolute Gasteiger partial charge is 0.224 e. The Morgan fingerprint density at radius 1 is 1.17 bits per heavy atom. The predicted octanol–water partition coefficient (Wildman–Crippen LogP) is 4.75. The van der Waals surface area contributed by atoms with E-state index < -0.39 is 0 Å². The van der Waals surface area contributed by atoms with Crippen LogP contribution < -0.4 is 5.73 Å². The highest BCUT2D eigenvalue weighted by molar-refractivity contribution is 7.99. The Hall–Kier alpha value is -2.26. The first-order valence-corrected chi connectivity index (χ1v) is 11.3. The summed E-state index contributed by atoms with van der Waals surface area (Å²) in [6.07, 6.45) is 2.67. The van der Waals surface area contributed by atoms with Crippen LogP contribution in [0.4, 0.5) is 5.95 Å². The van der Waals surface area contributed by atoms with Gasteiger partial charge in [0.25, 0.3) is 0 Å². The maximum absolute atomic E-state index is 6.66. The fourth-order valence-electron chi connectivity index (χ4n) is 3.50. The third-order valence-electron chi connectivity index (χ3n) is 4.68. The van der Waals surface area contributed by atoms with E-state index in [1.807, 2.05) is 29.8 Å². The monoisotopic (exact) mass is 441 g/mol. The molecule has 0 atom stereocenters. The van der Waals surface area contributed by atoms with Gasteiger partial charge in [-0.2, -0.15) is 9.97 Å². The molecule has 29 heavy (non-hydrogen) atoms. The molecule has 1 aliphatic heterocycles. The molecule has 0 unspecified atom stereocenters. The van der Waals surface area contributed by atoms with E-state index in [9.17, 15) is 0 Å². The molecule has 0 fully saturated rings. The van der Waals surface area contributed by atoms with E-state index >= 15 is 0 Å². The van der Waals surface area contributed by atoms with Crippen molar-refractivity contribution >= 4 is 51.4 Å². The molecular weight excluding hydrogens is 426 g/mol. The van der Waals surface area contributed by atoms with Crippen molar-refractivity contribution in [3.05, 3.63) is 57.0 Å². The van der Waals surface area contributed by atoms with Crippen LogP contribution in [0.2, 0.25) is 5.02 Å². The number of aryl methyl sites for hydroxylation is 1. The van der Waals surface area contributed by atoms with Crippen LogP contribution in [0, 0.1) is 0 Å². The molecule has 2 N–H and O–H groups in total. The maximum Gasteiger partial charge on any atom is 0.224 e. The highest BCUT2D eigenvalue weighted by Crippen LogP contribution is 2.39. The second-order valence-corrected chi connectivity index (χ2v) is 9.00. The molecule has 0 saturated heterocycles. The summed E-state index contributed by atoms with van der Waals surface area (Å²) in [6.45, 7) is 1.13. The molecule has 0 aliphatic carbocycles. The van der Waals surface area contributed by atoms with Gasteiger partial charge in [-0.25, -0.2) is 9.97 Å². The molecule has 2 aromatic carbocycles. The lowest BCUT2D eigenvalue weighted by molar-refractivity contribution is 0.103. The van der Waals surface area contributed by atoms with Gasteiger partial charge in [-0.15, -0.1) is 11.3 Å². The van der Waals surface area contributed by atoms with Gasteiger partial charge in [-0.1, -0.05) is 41.6 Å². The largest absolute Gasteiger partial charge is 0.372 e. The van der Waals surface area contributed by atoms with Crippen molar-refractivity contribution in [2.24, 2.45) is 0 Å². The number of rotatable bonds is 5. The Bertz CT molecular complexity index is 1200. The third kappa shape index (κ3) is 3.69. The number of ether oxygens (including phenoxy) is 1. The summed E-state index contributed by atoms with van der Waals surface area (Å²) in [5.41, 5.74) is 9.01. The summed E-state index contributed by atoms with van der Waals surface area (Å²) in [7, 11) is 0. The Kier molecular flexibility index (Phi) is 5.09. The zero-order valence-electron chi connectivity index (χ0n) is 15.3. The summed E-state index contributed by atoms with van der Waals surface area (Å²) in [6, 6.07) is 8.07. The van der Waals surface area contributed by atoms with Crippen LogP contribution in [-0.2, 0) is 24.4 Å². The van der Waals surface area contributed by atoms with Gasteiger partial charge in [-0.3, -0.25) is 0 Å². The van der Waals surface area contributed by atoms with Crippen molar-refractivity contribution in [1.29, 1.82) is 0 Å². The number of anilines is 1. The third-order valence-corrected chi connectivity index (χ3v) is 6.67. The molecule has 0 amide bonds. The normalized spacial score (nSPS) is 13.1. The molecule has 4 aromatic rings. The van der Waals surface area contributed by atoms with Gasteiger partial charge in [0.05, 0.1) is 23.2 Å². The lowest BCUT2D eigenvalue weighted by atomic mass is 9.94. The Morgan fingerprint density at radius 2 is 2.07 bits per heavy atom. The number of nitrogens with zero attached hydrogens (tertiary/aromatic N) is 4. The molecule has 0 radical (unpaired) electrons. The van der Waals surface area contributed by atoms with Gasteiger partial charge in [0, 0.05) is 29.3 Å². The zero-order valence-corrected chi connectivity index (χ0v) is 17.7. The second-order valence-electron chi connectivity index (χ2n) is 6.55. The van der Waals surface area contributed by atoms with E-state index in [0.29, 0.717) is 29.2 Å². The average Bonchev–Trinajstić information content (AvgIpc) is 3.21. The summed E-state index contributed by atoms with van der Waals surface area (Å²) >= 11 is 9.85. The summed E-state index contributed by atoms with van der Waals surface area (Å²) < 4.78 is 5.67. The van der Waals surface area contributed by atoms with E-state index in [1.165, 1.54) is 11.8 Å². The van der Waals surface area contributed by atoms with Crippen molar-refractivity contribution in [2.75, 3.05) is 11.5 Å². The van der Waals surface area contributed by atoms with E-state index in [-0.39, 0.29) is 5.95 Å². The quantitative estimate of drug-likeness (QED) is 0.447. The second kappa shape index (κ2) is 7.87. The van der Waals surface area contributed by atoms with Crippen LogP contribution in [0.25, 0.3) is 22.2 Å². The highest BCUT2D eigenvalue weighted by atomic mass is 35.5. The molecule has 3 heterocycles. The minimum absolute atomic E-state index is 0.187. The fraction of sp³-hybridized carbons (Fsp3) is 0.200. The standard InChI is InChI=1S/C20H16ClN5OS2/c21-14-8-12-10-27-9-11-2-1-3-13(16(11)12)17(14)18-24-19(22)26-20(25-18)29-6-4-15-23-5-7-28-15/h1-3,5,7-8H,4,6,9-10H2,(H2,22,24,25,26). The van der Waals surface area contributed by atoms with Crippen LogP contribution in [0.3, 0.4) is 0 Å². The number of thiazole rings is 1. The van der Waals surface area contributed by atoms with Gasteiger partial charge in [0.2, 0.25) is 5.95 Å². The van der Waals surface area contributed by atoms with Crippen LogP contribution in [0.1, 0.15) is 16.1 Å². The lowest BCUT2D eigenvalue weighted by Crippen LogP contribution is -2.07. The Balaban J connectivity index is 1.54. The van der Waals surface area contributed by atoms with Crippen LogP contribution in [-0.4, -0.2) is 25.7 Å². The minimum atomic E-state index is 0.187. The van der Waals surface area contributed by atoms with E-state index in [1.54, 1.807) is 11.3 Å². The number of thioether (sulfide) groups is 1. The molecule has 1 aliphatic rings. The Morgan fingerprint density at radius 3 is 2.93 bits per heavy atom. The number of aromatic nitrogens is 4. The van der Waals surface area contributed by atoms with Crippen molar-refractivity contribution in [1.82, 2.24) is 19.9 Å². The number of benzene rings is 2. The number of nitrogens with two attached hydrogens (primary N) is 1. The van der Waals surface area contributed by atoms with Gasteiger partial charge in [0.1, 0.15) is 0 Å². The highest BCUT2D eigenvalue weighted by Gasteiger charge is 2.21. The zero-order chi connectivity index (χ0) is 19.8. The number of halogens is 1. The van der Waals surface area contributed by atoms with E-state index in [2.05, 4.69) is 26.0 Å². The van der Waals surface area contributed by atoms with Crippen LogP contribution in [0.5, 0.6) is 0 Å². The molecule has 0 saturated carbocycles. The van der Waals surface area contributed by atoms with Gasteiger partial charge in [0.15, 0.2) is 11.0 Å². The first kappa shape index (κ1) is 18.7. The minimum Gasteiger partial charge on any atom is -0.372 e. The fourth-order valence-corrected chi connectivity index (χ4v) is 5.36. The number of nitrogen functional groups attached to an aromatic ring is 1. The van der Waals surface area contributed by atoms with Crippen molar-refractivity contribution in [2.45, 2.75) is 24.8 Å². The van der Waals surface area contributed by atoms with Gasteiger partial charge < -0.3 is 10.5 Å². The molecule has 9 heteroatoms. The average molecular weight is 442 g/mol. The van der Waals surface area contributed by atoms with Crippen molar-refractivity contribution < 1.29 is 4.74 Å². The van der Waals surface area contributed by atoms with Crippen molar-refractivity contribution in [3.63, 3.8) is 0 Å². The molecule has 2 aromatic heterocycles. The van der Waals surface area contributed by atoms with E-state index in [0.717, 1.165) is 44.6 Å². The van der Waals surface area contributed by atoms with Crippen LogP contribution >= 0.6 is 34.7 Å². The maximum atomic E-state index is 6.66. The first-order chi connectivity index (χ1) is 14.2. The molecule has 5 rings (SSSR count). The molecule has 0 bridgehead atoms. The first-order valence-electron chi connectivity index (χ1n) is 9.03. The van der Waals surface area contributed by atoms with E-state index in [4.69, 9.17) is 22.1 Å². The molecule has 146 valence electrons. The van der Waals surface area contributed by atoms with Gasteiger partial charge in [-0.05, 0) is 28.0 Å². The number of hydrogen-bond donors (Lipinski definition) is 1. The van der Waals surface area contributed by atoms with Crippen molar-refractivity contribution in [3.8, 4) is 11.4 Å². The molecule has 0 spiro atoms.